The second kappa shape index (κ2) is 7.79. The fourth-order valence-corrected chi connectivity index (χ4v) is 3.43. The van der Waals surface area contributed by atoms with Crippen LogP contribution in [0.3, 0.4) is 0 Å². The third-order valence-corrected chi connectivity index (χ3v) is 4.99. The van der Waals surface area contributed by atoms with Crippen LogP contribution in [0.4, 0.5) is 5.69 Å². The number of rotatable bonds is 4. The van der Waals surface area contributed by atoms with Crippen molar-refractivity contribution in [3.63, 3.8) is 0 Å². The lowest BCUT2D eigenvalue weighted by Crippen LogP contribution is -2.29. The SMILES string of the molecule is CN1CCCN(c2ccc(C=O)c(OC3CCC(=O)CC3)c2)CC1. The van der Waals surface area contributed by atoms with Crippen LogP contribution in [0.15, 0.2) is 18.2 Å². The number of aldehydes is 1. The van der Waals surface area contributed by atoms with Gasteiger partial charge in [0.15, 0.2) is 6.29 Å². The molecular weight excluding hydrogens is 304 g/mol. The van der Waals surface area contributed by atoms with E-state index in [9.17, 15) is 9.59 Å². The van der Waals surface area contributed by atoms with Gasteiger partial charge in [-0.1, -0.05) is 0 Å². The minimum atomic E-state index is 0.0342. The molecule has 1 aliphatic carbocycles. The molecule has 1 aliphatic heterocycles. The lowest BCUT2D eigenvalue weighted by atomic mass is 9.96. The lowest BCUT2D eigenvalue weighted by molar-refractivity contribution is -0.121. The molecule has 24 heavy (non-hydrogen) atoms. The molecule has 1 aromatic carbocycles. The summed E-state index contributed by atoms with van der Waals surface area (Å²) in [6.45, 7) is 4.15. The van der Waals surface area contributed by atoms with E-state index in [4.69, 9.17) is 4.74 Å². The maximum Gasteiger partial charge on any atom is 0.153 e. The highest BCUT2D eigenvalue weighted by Gasteiger charge is 2.22. The van der Waals surface area contributed by atoms with Crippen molar-refractivity contribution >= 4 is 17.8 Å². The minimum absolute atomic E-state index is 0.0342. The number of nitrogens with zero attached hydrogens (tertiary/aromatic N) is 2. The van der Waals surface area contributed by atoms with E-state index >= 15 is 0 Å². The molecule has 5 nitrogen and oxygen atoms in total. The standard InChI is InChI=1S/C19H26N2O3/c1-20-9-2-10-21(12-11-20)16-4-3-15(14-22)19(13-16)24-18-7-5-17(23)6-8-18/h3-4,13-14,18H,2,5-12H2,1H3. The highest BCUT2D eigenvalue weighted by atomic mass is 16.5. The van der Waals surface area contributed by atoms with Crippen molar-refractivity contribution in [2.45, 2.75) is 38.2 Å². The normalized spacial score (nSPS) is 20.7. The van der Waals surface area contributed by atoms with E-state index in [1.54, 1.807) is 0 Å². The van der Waals surface area contributed by atoms with Gasteiger partial charge in [-0.15, -0.1) is 0 Å². The first-order chi connectivity index (χ1) is 11.7. The van der Waals surface area contributed by atoms with Crippen LogP contribution in [0.5, 0.6) is 5.75 Å². The molecule has 0 atom stereocenters. The molecule has 5 heteroatoms. The van der Waals surface area contributed by atoms with Crippen LogP contribution < -0.4 is 9.64 Å². The predicted octanol–water partition coefficient (Wildman–Crippen LogP) is 2.53. The molecule has 1 heterocycles. The monoisotopic (exact) mass is 330 g/mol. The first kappa shape index (κ1) is 17.0. The summed E-state index contributed by atoms with van der Waals surface area (Å²) in [6.07, 6.45) is 4.67. The maximum atomic E-state index is 11.4. The molecule has 1 saturated carbocycles. The van der Waals surface area contributed by atoms with Gasteiger partial charge < -0.3 is 14.5 Å². The zero-order valence-electron chi connectivity index (χ0n) is 14.4. The Morgan fingerprint density at radius 3 is 2.67 bits per heavy atom. The molecule has 0 amide bonds. The number of hydrogen-bond donors (Lipinski definition) is 0. The van der Waals surface area contributed by atoms with Gasteiger partial charge in [-0.3, -0.25) is 9.59 Å². The van der Waals surface area contributed by atoms with Gasteiger partial charge in [-0.25, -0.2) is 0 Å². The molecule has 1 saturated heterocycles. The highest BCUT2D eigenvalue weighted by Crippen LogP contribution is 2.29. The summed E-state index contributed by atoms with van der Waals surface area (Å²) in [4.78, 5) is 27.4. The summed E-state index contributed by atoms with van der Waals surface area (Å²) in [6, 6.07) is 5.85. The van der Waals surface area contributed by atoms with Crippen LogP contribution in [-0.2, 0) is 4.79 Å². The lowest BCUT2D eigenvalue weighted by Gasteiger charge is -2.26. The number of likely N-dealkylation sites (N-methyl/N-ethyl adjacent to an activating group) is 1. The Balaban J connectivity index is 1.75. The Kier molecular flexibility index (Phi) is 5.51. The van der Waals surface area contributed by atoms with Gasteiger partial charge in [0, 0.05) is 44.2 Å². The number of benzene rings is 1. The molecular formula is C19H26N2O3. The van der Waals surface area contributed by atoms with Crippen molar-refractivity contribution in [2.24, 2.45) is 0 Å². The number of ketones is 1. The molecule has 0 bridgehead atoms. The topological polar surface area (TPSA) is 49.9 Å². The largest absolute Gasteiger partial charge is 0.490 e. The second-order valence-corrected chi connectivity index (χ2v) is 6.84. The van der Waals surface area contributed by atoms with Crippen LogP contribution in [0.2, 0.25) is 0 Å². The van der Waals surface area contributed by atoms with E-state index in [1.807, 2.05) is 18.2 Å². The van der Waals surface area contributed by atoms with Gasteiger partial charge in [0.1, 0.15) is 11.5 Å². The molecule has 0 spiro atoms. The van der Waals surface area contributed by atoms with Crippen molar-refractivity contribution in [3.8, 4) is 5.75 Å². The van der Waals surface area contributed by atoms with Gasteiger partial charge in [0.25, 0.3) is 0 Å². The number of carbonyl (C=O) groups is 2. The van der Waals surface area contributed by atoms with Crippen LogP contribution in [0.25, 0.3) is 0 Å². The Morgan fingerprint density at radius 1 is 1.12 bits per heavy atom. The molecule has 0 unspecified atom stereocenters. The van der Waals surface area contributed by atoms with E-state index in [2.05, 4.69) is 16.8 Å². The van der Waals surface area contributed by atoms with Crippen molar-refractivity contribution in [2.75, 3.05) is 38.1 Å². The zero-order valence-corrected chi connectivity index (χ0v) is 14.4. The summed E-state index contributed by atoms with van der Waals surface area (Å²) in [5.74, 6) is 0.965. The summed E-state index contributed by atoms with van der Waals surface area (Å²) in [5.41, 5.74) is 1.69. The number of ether oxygens (including phenoxy) is 1. The van der Waals surface area contributed by atoms with Crippen molar-refractivity contribution < 1.29 is 14.3 Å². The van der Waals surface area contributed by atoms with E-state index in [1.165, 1.54) is 0 Å². The first-order valence-corrected chi connectivity index (χ1v) is 8.87. The minimum Gasteiger partial charge on any atom is -0.490 e. The maximum absolute atomic E-state index is 11.4. The average molecular weight is 330 g/mol. The molecule has 2 fully saturated rings. The van der Waals surface area contributed by atoms with Crippen molar-refractivity contribution in [1.29, 1.82) is 0 Å². The second-order valence-electron chi connectivity index (χ2n) is 6.84. The summed E-state index contributed by atoms with van der Waals surface area (Å²) in [7, 11) is 2.15. The van der Waals surface area contributed by atoms with Gasteiger partial charge in [-0.2, -0.15) is 0 Å². The van der Waals surface area contributed by atoms with Crippen molar-refractivity contribution in [3.05, 3.63) is 23.8 Å². The number of anilines is 1. The molecule has 2 aliphatic rings. The molecule has 1 aromatic rings. The van der Waals surface area contributed by atoms with E-state index in [-0.39, 0.29) is 6.10 Å². The molecule has 0 aromatic heterocycles. The van der Waals surface area contributed by atoms with Crippen LogP contribution in [-0.4, -0.2) is 56.3 Å². The molecule has 130 valence electrons. The summed E-state index contributed by atoms with van der Waals surface area (Å²) < 4.78 is 6.09. The fourth-order valence-electron chi connectivity index (χ4n) is 3.43. The third-order valence-electron chi connectivity index (χ3n) is 4.99. The number of carbonyl (C=O) groups excluding carboxylic acids is 2. The highest BCUT2D eigenvalue weighted by molar-refractivity contribution is 5.81. The van der Waals surface area contributed by atoms with Crippen LogP contribution in [0.1, 0.15) is 42.5 Å². The Labute approximate surface area is 143 Å². The van der Waals surface area contributed by atoms with E-state index < -0.39 is 0 Å². The summed E-state index contributed by atoms with van der Waals surface area (Å²) in [5, 5.41) is 0. The van der Waals surface area contributed by atoms with E-state index in [0.29, 0.717) is 29.9 Å². The fraction of sp³-hybridized carbons (Fsp3) is 0.579. The van der Waals surface area contributed by atoms with Gasteiger partial charge >= 0.3 is 0 Å². The first-order valence-electron chi connectivity index (χ1n) is 8.87. The zero-order chi connectivity index (χ0) is 16.9. The molecule has 0 radical (unpaired) electrons. The van der Waals surface area contributed by atoms with Crippen LogP contribution >= 0.6 is 0 Å². The average Bonchev–Trinajstić information content (AvgIpc) is 2.81. The predicted molar refractivity (Wildman–Crippen MR) is 94.0 cm³/mol. The Bertz CT molecular complexity index is 592. The van der Waals surface area contributed by atoms with Gasteiger partial charge in [-0.05, 0) is 45.0 Å². The number of Topliss-reactive ketones (excluding diaryl/α,β-unsaturated/α-hetero) is 1. The number of hydrogen-bond acceptors (Lipinski definition) is 5. The Morgan fingerprint density at radius 2 is 1.92 bits per heavy atom. The smallest absolute Gasteiger partial charge is 0.153 e. The summed E-state index contributed by atoms with van der Waals surface area (Å²) >= 11 is 0. The Hall–Kier alpha value is -1.88. The van der Waals surface area contributed by atoms with Gasteiger partial charge in [0.05, 0.1) is 11.7 Å². The van der Waals surface area contributed by atoms with Gasteiger partial charge in [0.2, 0.25) is 0 Å². The molecule has 0 N–H and O–H groups in total. The third kappa shape index (κ3) is 4.15. The quantitative estimate of drug-likeness (QED) is 0.794. The van der Waals surface area contributed by atoms with Crippen LogP contribution in [0, 0.1) is 0 Å². The van der Waals surface area contributed by atoms with Crippen molar-refractivity contribution in [1.82, 2.24) is 4.90 Å². The molecule has 3 rings (SSSR count). The van der Waals surface area contributed by atoms with E-state index in [0.717, 1.165) is 57.4 Å².